The summed E-state index contributed by atoms with van der Waals surface area (Å²) in [6.07, 6.45) is 0. The number of ether oxygens (including phenoxy) is 1. The summed E-state index contributed by atoms with van der Waals surface area (Å²) in [5, 5.41) is 10.5. The number of benzene rings is 1. The number of nitrogens with two attached hydrogens (primary N) is 1. The number of hydrogen-bond acceptors (Lipinski definition) is 6. The second kappa shape index (κ2) is 5.15. The van der Waals surface area contributed by atoms with Crippen LogP contribution in [0.4, 0.5) is 11.7 Å². The first kappa shape index (κ1) is 11.9. The number of methoxy groups -OCH3 is 1. The van der Waals surface area contributed by atoms with Gasteiger partial charge in [0, 0.05) is 4.47 Å². The highest BCUT2D eigenvalue weighted by molar-refractivity contribution is 9.10. The molecule has 0 saturated heterocycles. The standard InChI is InChI=1S/C10H11BrN4O2/c1-16-8-3-2-6(11)4-7(8)13-10-15-14-9(5-12)17-10/h2-4H,5,12H2,1H3,(H,13,15). The summed E-state index contributed by atoms with van der Waals surface area (Å²) < 4.78 is 11.4. The first-order valence-corrected chi connectivity index (χ1v) is 5.65. The smallest absolute Gasteiger partial charge is 0.320 e. The van der Waals surface area contributed by atoms with E-state index < -0.39 is 0 Å². The maximum Gasteiger partial charge on any atom is 0.320 e. The van der Waals surface area contributed by atoms with Crippen LogP contribution in [-0.2, 0) is 6.54 Å². The van der Waals surface area contributed by atoms with Gasteiger partial charge >= 0.3 is 6.01 Å². The van der Waals surface area contributed by atoms with Gasteiger partial charge in [-0.15, -0.1) is 5.10 Å². The van der Waals surface area contributed by atoms with Crippen molar-refractivity contribution in [3.05, 3.63) is 28.6 Å². The first-order valence-electron chi connectivity index (χ1n) is 4.86. The summed E-state index contributed by atoms with van der Waals surface area (Å²) in [5.41, 5.74) is 6.11. The Morgan fingerprint density at radius 1 is 1.47 bits per heavy atom. The zero-order valence-electron chi connectivity index (χ0n) is 9.11. The Morgan fingerprint density at radius 2 is 2.29 bits per heavy atom. The zero-order chi connectivity index (χ0) is 12.3. The molecule has 0 atom stereocenters. The summed E-state index contributed by atoms with van der Waals surface area (Å²) in [7, 11) is 1.59. The normalized spacial score (nSPS) is 10.3. The third-order valence-corrected chi connectivity index (χ3v) is 2.54. The van der Waals surface area contributed by atoms with Crippen molar-refractivity contribution < 1.29 is 9.15 Å². The molecule has 2 aromatic rings. The number of halogens is 1. The highest BCUT2D eigenvalue weighted by atomic mass is 79.9. The maximum absolute atomic E-state index is 5.38. The van der Waals surface area contributed by atoms with Crippen LogP contribution < -0.4 is 15.8 Å². The Kier molecular flexibility index (Phi) is 3.60. The average molecular weight is 299 g/mol. The molecule has 0 unspecified atom stereocenters. The molecule has 6 nitrogen and oxygen atoms in total. The lowest BCUT2D eigenvalue weighted by Crippen LogP contribution is -1.95. The fraction of sp³-hybridized carbons (Fsp3) is 0.200. The van der Waals surface area contributed by atoms with Crippen molar-refractivity contribution in [1.29, 1.82) is 0 Å². The molecule has 0 saturated carbocycles. The lowest BCUT2D eigenvalue weighted by atomic mass is 10.3. The molecule has 90 valence electrons. The molecule has 7 heteroatoms. The second-order valence-corrected chi connectivity index (χ2v) is 4.09. The predicted molar refractivity (Wildman–Crippen MR) is 66.2 cm³/mol. The molecule has 0 aliphatic rings. The van der Waals surface area contributed by atoms with Crippen molar-refractivity contribution in [3.8, 4) is 5.75 Å². The molecule has 0 amide bonds. The molecule has 0 radical (unpaired) electrons. The topological polar surface area (TPSA) is 86.2 Å². The van der Waals surface area contributed by atoms with Crippen molar-refractivity contribution in [2.24, 2.45) is 5.73 Å². The number of rotatable bonds is 4. The van der Waals surface area contributed by atoms with E-state index in [0.29, 0.717) is 11.6 Å². The fourth-order valence-electron chi connectivity index (χ4n) is 1.28. The number of anilines is 2. The summed E-state index contributed by atoms with van der Waals surface area (Å²) in [6, 6.07) is 5.84. The van der Waals surface area contributed by atoms with Gasteiger partial charge in [0.2, 0.25) is 5.89 Å². The van der Waals surface area contributed by atoms with Crippen molar-refractivity contribution in [3.63, 3.8) is 0 Å². The van der Waals surface area contributed by atoms with Crippen LogP contribution in [0.25, 0.3) is 0 Å². The lowest BCUT2D eigenvalue weighted by molar-refractivity contribution is 0.416. The SMILES string of the molecule is COc1ccc(Br)cc1Nc1nnc(CN)o1. The van der Waals surface area contributed by atoms with E-state index in [1.165, 1.54) is 0 Å². The lowest BCUT2D eigenvalue weighted by Gasteiger charge is -2.08. The summed E-state index contributed by atoms with van der Waals surface area (Å²) in [4.78, 5) is 0. The van der Waals surface area contributed by atoms with Crippen LogP contribution in [-0.4, -0.2) is 17.3 Å². The van der Waals surface area contributed by atoms with Gasteiger partial charge in [0.1, 0.15) is 5.75 Å². The Balaban J connectivity index is 2.25. The molecule has 17 heavy (non-hydrogen) atoms. The van der Waals surface area contributed by atoms with Crippen LogP contribution in [0.5, 0.6) is 5.75 Å². The molecular formula is C10H11BrN4O2. The van der Waals surface area contributed by atoms with Crippen molar-refractivity contribution >= 4 is 27.6 Å². The van der Waals surface area contributed by atoms with E-state index in [0.717, 1.165) is 10.2 Å². The van der Waals surface area contributed by atoms with E-state index in [9.17, 15) is 0 Å². The molecule has 0 aliphatic carbocycles. The first-order chi connectivity index (χ1) is 8.22. The predicted octanol–water partition coefficient (Wildman–Crippen LogP) is 2.04. The van der Waals surface area contributed by atoms with Crippen molar-refractivity contribution in [2.45, 2.75) is 6.54 Å². The van der Waals surface area contributed by atoms with Gasteiger partial charge in [-0.25, -0.2) is 0 Å². The Labute approximate surface area is 106 Å². The minimum Gasteiger partial charge on any atom is -0.495 e. The molecule has 1 aromatic heterocycles. The third-order valence-electron chi connectivity index (χ3n) is 2.04. The minimum absolute atomic E-state index is 0.213. The molecule has 0 spiro atoms. The number of hydrogen-bond donors (Lipinski definition) is 2. The van der Waals surface area contributed by atoms with E-state index in [2.05, 4.69) is 31.4 Å². The van der Waals surface area contributed by atoms with Gasteiger partial charge in [-0.2, -0.15) is 0 Å². The van der Waals surface area contributed by atoms with E-state index in [1.807, 2.05) is 18.2 Å². The van der Waals surface area contributed by atoms with Crippen LogP contribution in [0.3, 0.4) is 0 Å². The van der Waals surface area contributed by atoms with Gasteiger partial charge in [-0.05, 0) is 18.2 Å². The largest absolute Gasteiger partial charge is 0.495 e. The molecule has 1 aromatic carbocycles. The van der Waals surface area contributed by atoms with Gasteiger partial charge in [0.05, 0.1) is 19.3 Å². The molecule has 2 rings (SSSR count). The maximum atomic E-state index is 5.38. The minimum atomic E-state index is 0.213. The molecule has 0 bridgehead atoms. The summed E-state index contributed by atoms with van der Waals surface area (Å²) in [6.45, 7) is 0.213. The van der Waals surface area contributed by atoms with Crippen LogP contribution in [0.1, 0.15) is 5.89 Å². The van der Waals surface area contributed by atoms with E-state index in [1.54, 1.807) is 7.11 Å². The molecule has 1 heterocycles. The van der Waals surface area contributed by atoms with Crippen LogP contribution in [0, 0.1) is 0 Å². The van der Waals surface area contributed by atoms with Crippen molar-refractivity contribution in [1.82, 2.24) is 10.2 Å². The highest BCUT2D eigenvalue weighted by Crippen LogP contribution is 2.30. The molecular weight excluding hydrogens is 288 g/mol. The van der Waals surface area contributed by atoms with Gasteiger partial charge in [0.15, 0.2) is 0 Å². The van der Waals surface area contributed by atoms with Gasteiger partial charge < -0.3 is 20.2 Å². The zero-order valence-corrected chi connectivity index (χ0v) is 10.7. The van der Waals surface area contributed by atoms with Crippen molar-refractivity contribution in [2.75, 3.05) is 12.4 Å². The number of nitrogens with zero attached hydrogens (tertiary/aromatic N) is 2. The average Bonchev–Trinajstić information content (AvgIpc) is 2.77. The summed E-state index contributed by atoms with van der Waals surface area (Å²) in [5.74, 6) is 1.06. The number of nitrogens with one attached hydrogen (secondary N) is 1. The number of aromatic nitrogens is 2. The van der Waals surface area contributed by atoms with Gasteiger partial charge in [0.25, 0.3) is 0 Å². The molecule has 0 aliphatic heterocycles. The van der Waals surface area contributed by atoms with Crippen LogP contribution >= 0.6 is 15.9 Å². The summed E-state index contributed by atoms with van der Waals surface area (Å²) >= 11 is 3.38. The Morgan fingerprint density at radius 3 is 2.94 bits per heavy atom. The molecule has 3 N–H and O–H groups in total. The van der Waals surface area contributed by atoms with Gasteiger partial charge in [-0.1, -0.05) is 21.0 Å². The third kappa shape index (κ3) is 2.75. The van der Waals surface area contributed by atoms with Crippen LogP contribution in [0.15, 0.2) is 27.1 Å². The Bertz CT molecular complexity index is 515. The highest BCUT2D eigenvalue weighted by Gasteiger charge is 2.08. The van der Waals surface area contributed by atoms with E-state index in [-0.39, 0.29) is 12.6 Å². The van der Waals surface area contributed by atoms with E-state index in [4.69, 9.17) is 14.9 Å². The van der Waals surface area contributed by atoms with E-state index >= 15 is 0 Å². The monoisotopic (exact) mass is 298 g/mol. The van der Waals surface area contributed by atoms with Gasteiger partial charge in [-0.3, -0.25) is 0 Å². The quantitative estimate of drug-likeness (QED) is 0.898. The second-order valence-electron chi connectivity index (χ2n) is 3.17. The molecule has 0 fully saturated rings. The Hall–Kier alpha value is -1.60. The van der Waals surface area contributed by atoms with Crippen LogP contribution in [0.2, 0.25) is 0 Å². The fourth-order valence-corrected chi connectivity index (χ4v) is 1.64.